The van der Waals surface area contributed by atoms with Gasteiger partial charge >= 0.3 is 11.7 Å². The van der Waals surface area contributed by atoms with Gasteiger partial charge in [-0.25, -0.2) is 9.79 Å². The molecule has 0 saturated heterocycles. The summed E-state index contributed by atoms with van der Waals surface area (Å²) in [4.78, 5) is 42.6. The third-order valence-electron chi connectivity index (χ3n) is 5.87. The Morgan fingerprint density at radius 2 is 1.95 bits per heavy atom. The molecule has 0 unspecified atom stereocenters. The lowest BCUT2D eigenvalue weighted by molar-refractivity contribution is -0.386. The third kappa shape index (κ3) is 5.32. The van der Waals surface area contributed by atoms with Gasteiger partial charge in [-0.1, -0.05) is 27.3 Å². The minimum Gasteiger partial charge on any atom is -0.501 e. The Bertz CT molecular complexity index is 1730. The summed E-state index contributed by atoms with van der Waals surface area (Å²) in [5.41, 5.74) is 0.493. The summed E-state index contributed by atoms with van der Waals surface area (Å²) in [5, 5.41) is 21.5. The van der Waals surface area contributed by atoms with E-state index in [0.29, 0.717) is 37.6 Å². The maximum Gasteiger partial charge on any atom is 0.338 e. The fourth-order valence-corrected chi connectivity index (χ4v) is 6.37. The topological polar surface area (TPSA) is 142 Å². The number of thiazole rings is 1. The van der Waals surface area contributed by atoms with Crippen molar-refractivity contribution in [1.82, 2.24) is 4.57 Å². The number of aromatic nitrogens is 1. The number of ether oxygens (including phenoxy) is 3. The highest BCUT2D eigenvalue weighted by atomic mass is 127. The molecule has 1 aliphatic rings. The van der Waals surface area contributed by atoms with Crippen LogP contribution < -0.4 is 24.4 Å². The molecule has 0 radical (unpaired) electrons. The molecule has 0 aliphatic carbocycles. The molecule has 0 bridgehead atoms. The number of rotatable bonds is 7. The minimum atomic E-state index is -0.925. The molecule has 1 aliphatic heterocycles. The number of phenols is 1. The van der Waals surface area contributed by atoms with E-state index < -0.39 is 33.9 Å². The van der Waals surface area contributed by atoms with Gasteiger partial charge in [-0.15, -0.1) is 0 Å². The van der Waals surface area contributed by atoms with Gasteiger partial charge in [0.05, 0.1) is 51.2 Å². The van der Waals surface area contributed by atoms with E-state index >= 15 is 0 Å². The Morgan fingerprint density at radius 1 is 1.28 bits per heavy atom. The zero-order valence-corrected chi connectivity index (χ0v) is 25.5. The second-order valence-electron chi connectivity index (χ2n) is 8.16. The van der Waals surface area contributed by atoms with Crippen LogP contribution in [0.2, 0.25) is 0 Å². The molecule has 0 spiro atoms. The van der Waals surface area contributed by atoms with E-state index in [-0.39, 0.29) is 20.3 Å². The van der Waals surface area contributed by atoms with Crippen LogP contribution in [0.1, 0.15) is 31.0 Å². The van der Waals surface area contributed by atoms with Gasteiger partial charge < -0.3 is 19.3 Å². The molecule has 0 fully saturated rings. The van der Waals surface area contributed by atoms with Crippen molar-refractivity contribution in [3.05, 3.63) is 84.5 Å². The Morgan fingerprint density at radius 3 is 2.56 bits per heavy atom. The number of hydrogen-bond acceptors (Lipinski definition) is 10. The Labute approximate surface area is 247 Å². The Hall–Kier alpha value is -3.24. The number of halogens is 2. The summed E-state index contributed by atoms with van der Waals surface area (Å²) in [6.07, 6.45) is 1.49. The van der Waals surface area contributed by atoms with Crippen molar-refractivity contribution in [3.8, 4) is 17.2 Å². The molecule has 3 aromatic rings. The van der Waals surface area contributed by atoms with Crippen LogP contribution >= 0.6 is 49.9 Å². The maximum atomic E-state index is 13.8. The Kier molecular flexibility index (Phi) is 8.46. The van der Waals surface area contributed by atoms with Crippen LogP contribution in [0, 0.1) is 13.7 Å². The lowest BCUT2D eigenvalue weighted by Crippen LogP contribution is -2.40. The second kappa shape index (κ2) is 11.5. The zero-order valence-electron chi connectivity index (χ0n) is 21.0. The summed E-state index contributed by atoms with van der Waals surface area (Å²) in [5.74, 6) is -0.236. The fourth-order valence-electron chi connectivity index (χ4n) is 4.14. The van der Waals surface area contributed by atoms with E-state index in [2.05, 4.69) is 20.9 Å². The first-order valence-electron chi connectivity index (χ1n) is 11.3. The number of carbonyl (C=O) groups excluding carboxylic acids is 1. The minimum absolute atomic E-state index is 0.123. The molecule has 11 nitrogen and oxygen atoms in total. The van der Waals surface area contributed by atoms with Gasteiger partial charge in [0.2, 0.25) is 5.75 Å². The smallest absolute Gasteiger partial charge is 0.338 e. The predicted octanol–water partition coefficient (Wildman–Crippen LogP) is 3.80. The summed E-state index contributed by atoms with van der Waals surface area (Å²) < 4.78 is 18.6. The van der Waals surface area contributed by atoms with Crippen LogP contribution in [0.5, 0.6) is 17.2 Å². The largest absolute Gasteiger partial charge is 0.501 e. The number of nitro groups is 1. The van der Waals surface area contributed by atoms with Crippen LogP contribution in [0.25, 0.3) is 6.08 Å². The van der Waals surface area contributed by atoms with E-state index in [4.69, 9.17) is 14.2 Å². The van der Waals surface area contributed by atoms with Crippen molar-refractivity contribution in [1.29, 1.82) is 0 Å². The highest BCUT2D eigenvalue weighted by Gasteiger charge is 2.35. The van der Waals surface area contributed by atoms with E-state index in [0.717, 1.165) is 11.3 Å². The number of aromatic hydroxyl groups is 1. The van der Waals surface area contributed by atoms with Crippen LogP contribution in [-0.2, 0) is 9.53 Å². The summed E-state index contributed by atoms with van der Waals surface area (Å²) in [6.45, 7) is 3.47. The average molecular weight is 730 g/mol. The second-order valence-corrected chi connectivity index (χ2v) is 11.2. The van der Waals surface area contributed by atoms with Gasteiger partial charge in [-0.3, -0.25) is 19.5 Å². The lowest BCUT2D eigenvalue weighted by Gasteiger charge is -2.26. The van der Waals surface area contributed by atoms with Crippen molar-refractivity contribution >= 4 is 67.6 Å². The third-order valence-corrected chi connectivity index (χ3v) is 8.37. The number of nitro benzene ring substituents is 1. The molecule has 4 rings (SSSR count). The number of esters is 1. The van der Waals surface area contributed by atoms with Gasteiger partial charge in [0, 0.05) is 10.5 Å². The van der Waals surface area contributed by atoms with Gasteiger partial charge in [-0.2, -0.15) is 0 Å². The van der Waals surface area contributed by atoms with E-state index in [1.807, 2.05) is 0 Å². The summed E-state index contributed by atoms with van der Waals surface area (Å²) >= 11 is 6.40. The number of phenolic OH excluding ortho intramolecular Hbond substituents is 1. The highest BCUT2D eigenvalue weighted by Crippen LogP contribution is 2.41. The van der Waals surface area contributed by atoms with Crippen LogP contribution in [0.3, 0.4) is 0 Å². The van der Waals surface area contributed by atoms with Gasteiger partial charge in [-0.05, 0) is 71.8 Å². The van der Waals surface area contributed by atoms with Crippen molar-refractivity contribution in [3.63, 3.8) is 0 Å². The number of allylic oxidation sites excluding steroid dienone is 1. The first-order valence-corrected chi connectivity index (χ1v) is 14.0. The molecular weight excluding hydrogens is 709 g/mol. The van der Waals surface area contributed by atoms with Gasteiger partial charge in [0.25, 0.3) is 5.56 Å². The molecule has 0 saturated carbocycles. The van der Waals surface area contributed by atoms with E-state index in [1.54, 1.807) is 48.6 Å². The normalized spacial score (nSPS) is 15.0. The highest BCUT2D eigenvalue weighted by molar-refractivity contribution is 14.1. The van der Waals surface area contributed by atoms with Crippen molar-refractivity contribution < 1.29 is 29.0 Å². The van der Waals surface area contributed by atoms with Crippen LogP contribution in [-0.4, -0.2) is 41.4 Å². The first kappa shape index (κ1) is 28.8. The van der Waals surface area contributed by atoms with Crippen molar-refractivity contribution in [2.24, 2.45) is 4.99 Å². The molecule has 39 heavy (non-hydrogen) atoms. The quantitative estimate of drug-likeness (QED) is 0.168. The number of hydrogen-bond donors (Lipinski definition) is 1. The number of nitrogens with zero attached hydrogens (tertiary/aromatic N) is 3. The molecule has 14 heteroatoms. The standard InChI is InChI=1S/C25H21BrIN3O8S/c1-5-38-24(33)20-11(2)28-25-29(21(20)13-9-17(36-3)18(37-4)10-14(13)26)23(32)19(39-25)8-12-6-15(27)22(31)16(7-12)30(34)35/h6-10,21,31H,5H2,1-4H3/b19-8-/t21-/m1/s1. The molecule has 1 N–H and O–H groups in total. The molecular formula is C25H21BrIN3O8S. The zero-order chi connectivity index (χ0) is 28.6. The van der Waals surface area contributed by atoms with Crippen molar-refractivity contribution in [2.45, 2.75) is 19.9 Å². The van der Waals surface area contributed by atoms with Gasteiger partial charge in [0.1, 0.15) is 0 Å². The van der Waals surface area contributed by atoms with Crippen LogP contribution in [0.4, 0.5) is 5.69 Å². The molecule has 1 aromatic heterocycles. The Balaban J connectivity index is 2.02. The maximum absolute atomic E-state index is 13.8. The van der Waals surface area contributed by atoms with Gasteiger partial charge in [0.15, 0.2) is 16.3 Å². The van der Waals surface area contributed by atoms with E-state index in [1.165, 1.54) is 37.0 Å². The predicted molar refractivity (Wildman–Crippen MR) is 155 cm³/mol. The molecule has 204 valence electrons. The SMILES string of the molecule is CCOC(=O)C1=C(C)N=c2s/c(=C\c3cc(I)c(O)c([N+](=O)[O-])c3)c(=O)n2[C@@H]1c1cc(OC)c(OC)cc1Br. The monoisotopic (exact) mass is 729 g/mol. The molecule has 2 aromatic carbocycles. The molecule has 2 heterocycles. The first-order chi connectivity index (χ1) is 18.5. The number of fused-ring (bicyclic) bond motifs is 1. The van der Waals surface area contributed by atoms with E-state index in [9.17, 15) is 24.8 Å². The molecule has 0 amide bonds. The van der Waals surface area contributed by atoms with Crippen LogP contribution in [0.15, 0.2) is 49.8 Å². The number of carbonyl (C=O) groups is 1. The van der Waals surface area contributed by atoms with Crippen molar-refractivity contribution in [2.75, 3.05) is 20.8 Å². The number of methoxy groups -OCH3 is 2. The summed E-state index contributed by atoms with van der Waals surface area (Å²) in [6, 6.07) is 5.14. The summed E-state index contributed by atoms with van der Waals surface area (Å²) in [7, 11) is 2.97. The average Bonchev–Trinajstić information content (AvgIpc) is 3.19. The molecule has 1 atom stereocenters. The lowest BCUT2D eigenvalue weighted by atomic mass is 9.95. The fraction of sp³-hybridized carbons (Fsp3) is 0.240. The number of benzene rings is 2.